The number of rotatable bonds is 4. The van der Waals surface area contributed by atoms with Gasteiger partial charge in [0, 0.05) is 12.6 Å². The molecule has 0 saturated carbocycles. The van der Waals surface area contributed by atoms with Crippen molar-refractivity contribution in [3.8, 4) is 5.88 Å². The molecule has 0 aliphatic carbocycles. The lowest BCUT2D eigenvalue weighted by Gasteiger charge is -2.24. The molecule has 1 fully saturated rings. The number of methoxy groups -OCH3 is 1. The molecular formula is C12H21N3O. The van der Waals surface area contributed by atoms with E-state index >= 15 is 0 Å². The van der Waals surface area contributed by atoms with Crippen LogP contribution in [-0.2, 0) is 6.42 Å². The molecule has 1 N–H and O–H groups in total. The van der Waals surface area contributed by atoms with Gasteiger partial charge in [0.2, 0.25) is 5.88 Å². The summed E-state index contributed by atoms with van der Waals surface area (Å²) in [7, 11) is 1.72. The van der Waals surface area contributed by atoms with Crippen LogP contribution in [0.4, 0.5) is 0 Å². The summed E-state index contributed by atoms with van der Waals surface area (Å²) in [5.74, 6) is 0.900. The molecule has 1 atom stereocenters. The monoisotopic (exact) mass is 223 g/mol. The second-order valence-electron chi connectivity index (χ2n) is 4.37. The smallest absolute Gasteiger partial charge is 0.212 e. The maximum absolute atomic E-state index is 5.40. The van der Waals surface area contributed by atoms with Gasteiger partial charge >= 0.3 is 0 Å². The van der Waals surface area contributed by atoms with Gasteiger partial charge in [0.15, 0.2) is 0 Å². The molecule has 0 radical (unpaired) electrons. The van der Waals surface area contributed by atoms with Crippen molar-refractivity contribution in [3.63, 3.8) is 0 Å². The summed E-state index contributed by atoms with van der Waals surface area (Å²) >= 11 is 0. The molecule has 0 amide bonds. The van der Waals surface area contributed by atoms with Crippen molar-refractivity contribution in [1.82, 2.24) is 15.1 Å². The zero-order valence-electron chi connectivity index (χ0n) is 10.2. The van der Waals surface area contributed by atoms with Crippen molar-refractivity contribution in [2.75, 3.05) is 20.2 Å². The topological polar surface area (TPSA) is 39.1 Å². The number of ether oxygens (including phenoxy) is 1. The number of hydrogen-bond acceptors (Lipinski definition) is 3. The Balaban J connectivity index is 2.16. The van der Waals surface area contributed by atoms with Gasteiger partial charge in [0.05, 0.1) is 18.8 Å². The first-order chi connectivity index (χ1) is 7.85. The molecule has 2 heterocycles. The molecule has 1 aliphatic rings. The summed E-state index contributed by atoms with van der Waals surface area (Å²) in [4.78, 5) is 0. The van der Waals surface area contributed by atoms with Crippen molar-refractivity contribution in [2.45, 2.75) is 38.6 Å². The van der Waals surface area contributed by atoms with E-state index in [2.05, 4.69) is 28.1 Å². The lowest BCUT2D eigenvalue weighted by molar-refractivity contribution is 0.291. The molecule has 1 unspecified atom stereocenters. The van der Waals surface area contributed by atoms with E-state index in [1.54, 1.807) is 7.11 Å². The van der Waals surface area contributed by atoms with Crippen molar-refractivity contribution in [3.05, 3.63) is 11.8 Å². The largest absolute Gasteiger partial charge is 0.481 e. The van der Waals surface area contributed by atoms with Crippen LogP contribution in [0, 0.1) is 0 Å². The molecule has 1 saturated heterocycles. The van der Waals surface area contributed by atoms with Crippen LogP contribution in [0.25, 0.3) is 0 Å². The molecule has 0 aromatic carbocycles. The van der Waals surface area contributed by atoms with Gasteiger partial charge in [-0.2, -0.15) is 5.10 Å². The zero-order chi connectivity index (χ0) is 11.4. The Morgan fingerprint density at radius 1 is 1.62 bits per heavy atom. The highest BCUT2D eigenvalue weighted by atomic mass is 16.5. The minimum absolute atomic E-state index is 0.453. The first-order valence-corrected chi connectivity index (χ1v) is 6.18. The van der Waals surface area contributed by atoms with E-state index in [-0.39, 0.29) is 0 Å². The van der Waals surface area contributed by atoms with Crippen LogP contribution in [-0.4, -0.2) is 30.0 Å². The molecule has 4 nitrogen and oxygen atoms in total. The maximum Gasteiger partial charge on any atom is 0.212 e. The van der Waals surface area contributed by atoms with Gasteiger partial charge in [-0.1, -0.05) is 13.3 Å². The fourth-order valence-electron chi connectivity index (χ4n) is 2.26. The Labute approximate surface area is 97.0 Å². The van der Waals surface area contributed by atoms with E-state index in [1.165, 1.54) is 12.8 Å². The number of nitrogens with zero attached hydrogens (tertiary/aromatic N) is 2. The lowest BCUT2D eigenvalue weighted by atomic mass is 10.1. The van der Waals surface area contributed by atoms with Crippen molar-refractivity contribution >= 4 is 0 Å². The minimum atomic E-state index is 0.453. The summed E-state index contributed by atoms with van der Waals surface area (Å²) in [6.07, 6.45) is 4.57. The third kappa shape index (κ3) is 2.38. The van der Waals surface area contributed by atoms with Gasteiger partial charge in [-0.15, -0.1) is 0 Å². The van der Waals surface area contributed by atoms with Crippen LogP contribution in [0.5, 0.6) is 5.88 Å². The van der Waals surface area contributed by atoms with Gasteiger partial charge in [-0.25, -0.2) is 4.68 Å². The van der Waals surface area contributed by atoms with E-state index in [9.17, 15) is 0 Å². The third-order valence-corrected chi connectivity index (χ3v) is 3.08. The normalized spacial score (nSPS) is 21.0. The minimum Gasteiger partial charge on any atom is -0.481 e. The second kappa shape index (κ2) is 5.34. The van der Waals surface area contributed by atoms with Crippen molar-refractivity contribution < 1.29 is 4.74 Å². The van der Waals surface area contributed by atoms with E-state index in [1.807, 2.05) is 0 Å². The highest BCUT2D eigenvalue weighted by molar-refractivity contribution is 5.17. The number of hydrogen-bond donors (Lipinski definition) is 1. The predicted molar refractivity (Wildman–Crippen MR) is 63.9 cm³/mol. The standard InChI is InChI=1S/C12H21N3O/c1-3-5-10-8-12(16-2)15(14-10)11-6-4-7-13-9-11/h8,11,13H,3-7,9H2,1-2H3. The van der Waals surface area contributed by atoms with Gasteiger partial charge in [0.1, 0.15) is 0 Å². The van der Waals surface area contributed by atoms with Crippen LogP contribution in [0.15, 0.2) is 6.07 Å². The van der Waals surface area contributed by atoms with E-state index < -0.39 is 0 Å². The van der Waals surface area contributed by atoms with Gasteiger partial charge < -0.3 is 10.1 Å². The summed E-state index contributed by atoms with van der Waals surface area (Å²) in [5, 5.41) is 8.06. The molecule has 4 heteroatoms. The first-order valence-electron chi connectivity index (χ1n) is 6.18. The highest BCUT2D eigenvalue weighted by Gasteiger charge is 2.19. The Kier molecular flexibility index (Phi) is 3.83. The Hall–Kier alpha value is -1.03. The predicted octanol–water partition coefficient (Wildman–Crippen LogP) is 1.77. The number of nitrogens with one attached hydrogen (secondary N) is 1. The van der Waals surface area contributed by atoms with Crippen molar-refractivity contribution in [1.29, 1.82) is 0 Å². The van der Waals surface area contributed by atoms with Crippen LogP contribution < -0.4 is 10.1 Å². The molecule has 90 valence electrons. The molecule has 0 bridgehead atoms. The fraction of sp³-hybridized carbons (Fsp3) is 0.750. The average molecular weight is 223 g/mol. The molecule has 1 aromatic rings. The van der Waals surface area contributed by atoms with E-state index in [0.717, 1.165) is 37.5 Å². The second-order valence-corrected chi connectivity index (χ2v) is 4.37. The number of aryl methyl sites for hydroxylation is 1. The van der Waals surface area contributed by atoms with E-state index in [0.29, 0.717) is 6.04 Å². The number of piperidine rings is 1. The van der Waals surface area contributed by atoms with E-state index in [4.69, 9.17) is 4.74 Å². The molecule has 0 spiro atoms. The number of aromatic nitrogens is 2. The molecule has 1 aromatic heterocycles. The van der Waals surface area contributed by atoms with Crippen LogP contribution in [0.2, 0.25) is 0 Å². The van der Waals surface area contributed by atoms with Gasteiger partial charge in [-0.3, -0.25) is 0 Å². The Morgan fingerprint density at radius 3 is 3.12 bits per heavy atom. The highest BCUT2D eigenvalue weighted by Crippen LogP contribution is 2.24. The maximum atomic E-state index is 5.40. The Bertz CT molecular complexity index is 329. The molecular weight excluding hydrogens is 202 g/mol. The van der Waals surface area contributed by atoms with Gasteiger partial charge in [-0.05, 0) is 25.8 Å². The lowest BCUT2D eigenvalue weighted by Crippen LogP contribution is -2.32. The average Bonchev–Trinajstić information content (AvgIpc) is 2.74. The first kappa shape index (κ1) is 11.5. The Morgan fingerprint density at radius 2 is 2.50 bits per heavy atom. The SMILES string of the molecule is CCCc1cc(OC)n(C2CCCNC2)n1. The van der Waals surface area contributed by atoms with Crippen LogP contribution in [0.1, 0.15) is 37.9 Å². The third-order valence-electron chi connectivity index (χ3n) is 3.08. The van der Waals surface area contributed by atoms with Crippen LogP contribution in [0.3, 0.4) is 0 Å². The van der Waals surface area contributed by atoms with Crippen LogP contribution >= 0.6 is 0 Å². The summed E-state index contributed by atoms with van der Waals surface area (Å²) < 4.78 is 7.45. The molecule has 1 aliphatic heterocycles. The summed E-state index contributed by atoms with van der Waals surface area (Å²) in [6.45, 7) is 4.30. The summed E-state index contributed by atoms with van der Waals surface area (Å²) in [6, 6.07) is 2.52. The van der Waals surface area contributed by atoms with Gasteiger partial charge in [0.25, 0.3) is 0 Å². The summed E-state index contributed by atoms with van der Waals surface area (Å²) in [5.41, 5.74) is 1.14. The van der Waals surface area contributed by atoms with Crippen molar-refractivity contribution in [2.24, 2.45) is 0 Å². The fourth-order valence-corrected chi connectivity index (χ4v) is 2.26. The zero-order valence-corrected chi connectivity index (χ0v) is 10.2. The molecule has 16 heavy (non-hydrogen) atoms. The quantitative estimate of drug-likeness (QED) is 0.845. The molecule has 2 rings (SSSR count).